The van der Waals surface area contributed by atoms with E-state index in [1.165, 1.54) is 23.1 Å². The molecule has 4 nitrogen and oxygen atoms in total. The summed E-state index contributed by atoms with van der Waals surface area (Å²) in [5.74, 6) is -1.27. The number of hydrogen-bond donors (Lipinski definition) is 0. The fourth-order valence-electron chi connectivity index (χ4n) is 2.83. The molecule has 6 heteroatoms. The summed E-state index contributed by atoms with van der Waals surface area (Å²) in [6.07, 6.45) is 0.130. The zero-order valence-corrected chi connectivity index (χ0v) is 13.8. The number of halogens is 2. The molecule has 1 unspecified atom stereocenters. The molecular formula is C18H16ClFN2O2. The van der Waals surface area contributed by atoms with Gasteiger partial charge in [0.05, 0.1) is 10.9 Å². The topological polar surface area (TPSA) is 40.6 Å². The standard InChI is InChI=1S/C18H16ClFN2O2/c1-21(13-5-3-2-4-6-13)18(24)12-9-17(23)22(11-12)14-7-8-16(20)15(19)10-14/h2-8,10,12H,9,11H2,1H3. The van der Waals surface area contributed by atoms with Gasteiger partial charge in [-0.1, -0.05) is 29.8 Å². The Morgan fingerprint density at radius 2 is 1.96 bits per heavy atom. The highest BCUT2D eigenvalue weighted by Gasteiger charge is 2.36. The third-order valence-electron chi connectivity index (χ3n) is 4.16. The quantitative estimate of drug-likeness (QED) is 0.853. The van der Waals surface area contributed by atoms with Gasteiger partial charge in [0, 0.05) is 31.4 Å². The zero-order valence-electron chi connectivity index (χ0n) is 13.1. The lowest BCUT2D eigenvalue weighted by molar-refractivity contribution is -0.124. The molecule has 0 aliphatic carbocycles. The van der Waals surface area contributed by atoms with Crippen LogP contribution in [0.1, 0.15) is 6.42 Å². The Morgan fingerprint density at radius 3 is 2.62 bits per heavy atom. The van der Waals surface area contributed by atoms with Gasteiger partial charge in [-0.15, -0.1) is 0 Å². The van der Waals surface area contributed by atoms with Crippen LogP contribution in [0, 0.1) is 11.7 Å². The second-order valence-electron chi connectivity index (χ2n) is 5.74. The summed E-state index contributed by atoms with van der Waals surface area (Å²) < 4.78 is 13.3. The highest BCUT2D eigenvalue weighted by molar-refractivity contribution is 6.31. The molecule has 24 heavy (non-hydrogen) atoms. The largest absolute Gasteiger partial charge is 0.315 e. The highest BCUT2D eigenvalue weighted by atomic mass is 35.5. The third kappa shape index (κ3) is 3.12. The van der Waals surface area contributed by atoms with Crippen LogP contribution in [-0.4, -0.2) is 25.4 Å². The van der Waals surface area contributed by atoms with Gasteiger partial charge in [-0.25, -0.2) is 4.39 Å². The molecular weight excluding hydrogens is 331 g/mol. The molecule has 0 N–H and O–H groups in total. The Balaban J connectivity index is 1.76. The number of hydrogen-bond acceptors (Lipinski definition) is 2. The summed E-state index contributed by atoms with van der Waals surface area (Å²) in [6, 6.07) is 13.4. The van der Waals surface area contributed by atoms with Crippen molar-refractivity contribution in [2.24, 2.45) is 5.92 Å². The normalized spacial score (nSPS) is 17.2. The van der Waals surface area contributed by atoms with Gasteiger partial charge in [-0.2, -0.15) is 0 Å². The summed E-state index contributed by atoms with van der Waals surface area (Å²) in [6.45, 7) is 0.261. The van der Waals surface area contributed by atoms with E-state index in [4.69, 9.17) is 11.6 Å². The van der Waals surface area contributed by atoms with E-state index in [-0.39, 0.29) is 29.8 Å². The van der Waals surface area contributed by atoms with Crippen LogP contribution in [0.4, 0.5) is 15.8 Å². The third-order valence-corrected chi connectivity index (χ3v) is 4.45. The van der Waals surface area contributed by atoms with Gasteiger partial charge >= 0.3 is 0 Å². The molecule has 0 bridgehead atoms. The molecule has 1 aliphatic heterocycles. The van der Waals surface area contributed by atoms with Gasteiger partial charge in [0.2, 0.25) is 11.8 Å². The molecule has 0 saturated carbocycles. The molecule has 2 aromatic carbocycles. The minimum Gasteiger partial charge on any atom is -0.315 e. The maximum Gasteiger partial charge on any atom is 0.232 e. The molecule has 2 aromatic rings. The van der Waals surface area contributed by atoms with Crippen LogP contribution in [-0.2, 0) is 9.59 Å². The smallest absolute Gasteiger partial charge is 0.232 e. The maximum absolute atomic E-state index is 13.3. The Kier molecular flexibility index (Phi) is 4.53. The van der Waals surface area contributed by atoms with E-state index in [0.717, 1.165) is 5.69 Å². The first-order valence-corrected chi connectivity index (χ1v) is 7.93. The first kappa shape index (κ1) is 16.5. The van der Waals surface area contributed by atoms with E-state index in [0.29, 0.717) is 5.69 Å². The van der Waals surface area contributed by atoms with Gasteiger partial charge in [-0.3, -0.25) is 9.59 Å². The van der Waals surface area contributed by atoms with Crippen molar-refractivity contribution in [1.29, 1.82) is 0 Å². The SMILES string of the molecule is CN(C(=O)C1CC(=O)N(c2ccc(F)c(Cl)c2)C1)c1ccccc1. The number of carbonyl (C=O) groups is 2. The molecule has 1 aliphatic rings. The summed E-state index contributed by atoms with van der Waals surface area (Å²) in [7, 11) is 1.69. The monoisotopic (exact) mass is 346 g/mol. The van der Waals surface area contributed by atoms with E-state index in [9.17, 15) is 14.0 Å². The van der Waals surface area contributed by atoms with Crippen molar-refractivity contribution in [2.45, 2.75) is 6.42 Å². The molecule has 0 spiro atoms. The lowest BCUT2D eigenvalue weighted by Crippen LogP contribution is -2.34. The molecule has 0 radical (unpaired) electrons. The fraction of sp³-hybridized carbons (Fsp3) is 0.222. The zero-order chi connectivity index (χ0) is 17.3. The predicted molar refractivity (Wildman–Crippen MR) is 91.7 cm³/mol. The first-order valence-electron chi connectivity index (χ1n) is 7.55. The van der Waals surface area contributed by atoms with Crippen molar-refractivity contribution in [1.82, 2.24) is 0 Å². The van der Waals surface area contributed by atoms with Crippen molar-refractivity contribution < 1.29 is 14.0 Å². The van der Waals surface area contributed by atoms with Crippen LogP contribution in [0.25, 0.3) is 0 Å². The van der Waals surface area contributed by atoms with Crippen LogP contribution in [0.2, 0.25) is 5.02 Å². The molecule has 0 aromatic heterocycles. The van der Waals surface area contributed by atoms with Crippen LogP contribution >= 0.6 is 11.6 Å². The molecule has 1 atom stereocenters. The number of rotatable bonds is 3. The number of carbonyl (C=O) groups excluding carboxylic acids is 2. The molecule has 3 rings (SSSR count). The van der Waals surface area contributed by atoms with E-state index in [1.54, 1.807) is 11.9 Å². The van der Waals surface area contributed by atoms with Crippen LogP contribution in [0.3, 0.4) is 0 Å². The van der Waals surface area contributed by atoms with Crippen molar-refractivity contribution in [3.8, 4) is 0 Å². The average Bonchev–Trinajstić information content (AvgIpc) is 2.98. The molecule has 124 valence electrons. The van der Waals surface area contributed by atoms with Gasteiger partial charge in [0.1, 0.15) is 5.82 Å². The number of amides is 2. The van der Waals surface area contributed by atoms with E-state index in [1.807, 2.05) is 30.3 Å². The van der Waals surface area contributed by atoms with Gasteiger partial charge in [0.15, 0.2) is 0 Å². The molecule has 2 amide bonds. The number of benzene rings is 2. The van der Waals surface area contributed by atoms with E-state index >= 15 is 0 Å². The van der Waals surface area contributed by atoms with Gasteiger partial charge in [-0.05, 0) is 30.3 Å². The minimum atomic E-state index is -0.538. The first-order chi connectivity index (χ1) is 11.5. The number of anilines is 2. The lowest BCUT2D eigenvalue weighted by Gasteiger charge is -2.21. The number of nitrogens with zero attached hydrogens (tertiary/aromatic N) is 2. The Morgan fingerprint density at radius 1 is 1.25 bits per heavy atom. The van der Waals surface area contributed by atoms with Gasteiger partial charge in [0.25, 0.3) is 0 Å². The summed E-state index contributed by atoms with van der Waals surface area (Å²) in [4.78, 5) is 27.9. The lowest BCUT2D eigenvalue weighted by atomic mass is 10.1. The molecule has 1 fully saturated rings. The van der Waals surface area contributed by atoms with E-state index in [2.05, 4.69) is 0 Å². The van der Waals surface area contributed by atoms with Crippen molar-refractivity contribution in [3.05, 3.63) is 59.4 Å². The minimum absolute atomic E-state index is 0.0449. The Labute approximate surface area is 144 Å². The average molecular weight is 347 g/mol. The Hall–Kier alpha value is -2.40. The predicted octanol–water partition coefficient (Wildman–Crippen LogP) is 3.50. The summed E-state index contributed by atoms with van der Waals surface area (Å²) in [5.41, 5.74) is 1.28. The summed E-state index contributed by atoms with van der Waals surface area (Å²) in [5, 5.41) is -0.0449. The Bertz CT molecular complexity index is 782. The van der Waals surface area contributed by atoms with E-state index < -0.39 is 11.7 Å². The summed E-state index contributed by atoms with van der Waals surface area (Å²) >= 11 is 5.78. The van der Waals surface area contributed by atoms with Crippen LogP contribution < -0.4 is 9.80 Å². The highest BCUT2D eigenvalue weighted by Crippen LogP contribution is 2.29. The maximum atomic E-state index is 13.3. The van der Waals surface area contributed by atoms with Crippen LogP contribution in [0.5, 0.6) is 0 Å². The van der Waals surface area contributed by atoms with Crippen LogP contribution in [0.15, 0.2) is 48.5 Å². The van der Waals surface area contributed by atoms with Gasteiger partial charge < -0.3 is 9.80 Å². The fourth-order valence-corrected chi connectivity index (χ4v) is 3.00. The second kappa shape index (κ2) is 6.61. The van der Waals surface area contributed by atoms with Crippen molar-refractivity contribution in [2.75, 3.05) is 23.4 Å². The molecule has 1 saturated heterocycles. The number of para-hydroxylation sites is 1. The van der Waals surface area contributed by atoms with Crippen molar-refractivity contribution in [3.63, 3.8) is 0 Å². The van der Waals surface area contributed by atoms with Crippen molar-refractivity contribution >= 4 is 34.8 Å². The second-order valence-corrected chi connectivity index (χ2v) is 6.14. The molecule has 1 heterocycles.